The first-order valence-electron chi connectivity index (χ1n) is 15.6. The number of fused-ring (bicyclic) bond motifs is 1. The molecule has 234 valence electrons. The molecule has 0 aliphatic heterocycles. The highest BCUT2D eigenvalue weighted by atomic mass is 16.5. The number of alkyl carbamates (subject to hydrolysis) is 1. The van der Waals surface area contributed by atoms with Gasteiger partial charge in [0.1, 0.15) is 12.6 Å². The Morgan fingerprint density at radius 3 is 1.91 bits per heavy atom. The minimum Gasteiger partial charge on any atom is -0.445 e. The van der Waals surface area contributed by atoms with Crippen LogP contribution >= 0.6 is 0 Å². The number of ether oxygens (including phenoxy) is 1. The molecule has 5 aromatic rings. The lowest BCUT2D eigenvalue weighted by Crippen LogP contribution is -2.49. The first-order chi connectivity index (χ1) is 22.5. The molecular formula is C39H39N3O4. The van der Waals surface area contributed by atoms with Gasteiger partial charge in [0, 0.05) is 6.54 Å². The molecule has 0 bridgehead atoms. The summed E-state index contributed by atoms with van der Waals surface area (Å²) in [5.41, 5.74) is 3.55. The standard InChI is InChI=1S/C39H39N3O4/c1-28(33-24-13-22-30-17-11-12-23-34(30)33)41-37(43)35(25-14-26-40-39(45)46-27-29-15-5-2-6-16-29)42-38(44)36(31-18-7-3-8-19-31)32-20-9-4-10-21-32/h2-13,15-24,28,35-36H,14,25-27H2,1H3,(H,40,45)(H,41,43)(H,42,44)/t28-,35-/m1/s1. The van der Waals surface area contributed by atoms with E-state index in [1.807, 2.05) is 140 Å². The van der Waals surface area contributed by atoms with Crippen molar-refractivity contribution in [1.29, 1.82) is 0 Å². The summed E-state index contributed by atoms with van der Waals surface area (Å²) in [6, 6.07) is 41.5. The Hall–Kier alpha value is -5.43. The molecule has 0 aliphatic carbocycles. The van der Waals surface area contributed by atoms with Crippen molar-refractivity contribution in [3.8, 4) is 0 Å². The molecule has 0 aliphatic rings. The number of hydrogen-bond acceptors (Lipinski definition) is 4. The largest absolute Gasteiger partial charge is 0.445 e. The van der Waals surface area contributed by atoms with Crippen molar-refractivity contribution in [2.75, 3.05) is 6.54 Å². The number of carbonyl (C=O) groups excluding carboxylic acids is 3. The summed E-state index contributed by atoms with van der Waals surface area (Å²) >= 11 is 0. The summed E-state index contributed by atoms with van der Waals surface area (Å²) < 4.78 is 5.31. The second-order valence-corrected chi connectivity index (χ2v) is 11.2. The summed E-state index contributed by atoms with van der Waals surface area (Å²) in [7, 11) is 0. The molecule has 5 aromatic carbocycles. The van der Waals surface area contributed by atoms with Gasteiger partial charge in [0.05, 0.1) is 12.0 Å². The van der Waals surface area contributed by atoms with E-state index < -0.39 is 18.1 Å². The van der Waals surface area contributed by atoms with Crippen LogP contribution in [0.1, 0.15) is 54.0 Å². The van der Waals surface area contributed by atoms with Crippen LogP contribution in [0.25, 0.3) is 10.8 Å². The van der Waals surface area contributed by atoms with Crippen molar-refractivity contribution in [3.05, 3.63) is 156 Å². The van der Waals surface area contributed by atoms with Gasteiger partial charge in [-0.1, -0.05) is 133 Å². The zero-order valence-electron chi connectivity index (χ0n) is 25.9. The third-order valence-corrected chi connectivity index (χ3v) is 7.96. The van der Waals surface area contributed by atoms with Crippen molar-refractivity contribution < 1.29 is 19.1 Å². The fraction of sp³-hybridized carbons (Fsp3) is 0.205. The highest BCUT2D eigenvalue weighted by Crippen LogP contribution is 2.26. The molecule has 0 unspecified atom stereocenters. The molecule has 0 spiro atoms. The smallest absolute Gasteiger partial charge is 0.407 e. The van der Waals surface area contributed by atoms with Crippen molar-refractivity contribution in [2.24, 2.45) is 0 Å². The molecule has 0 heterocycles. The molecule has 3 amide bonds. The highest BCUT2D eigenvalue weighted by molar-refractivity contribution is 5.93. The SMILES string of the molecule is C[C@@H](NC(=O)[C@@H](CCCNC(=O)OCc1ccccc1)NC(=O)C(c1ccccc1)c1ccccc1)c1cccc2ccccc12. The number of rotatable bonds is 13. The summed E-state index contributed by atoms with van der Waals surface area (Å²) in [6.07, 6.45) is 0.226. The lowest BCUT2D eigenvalue weighted by molar-refractivity contribution is -0.129. The first-order valence-corrected chi connectivity index (χ1v) is 15.6. The molecule has 0 fully saturated rings. The van der Waals surface area contributed by atoms with Crippen LogP contribution in [0.15, 0.2) is 133 Å². The van der Waals surface area contributed by atoms with E-state index >= 15 is 0 Å². The van der Waals surface area contributed by atoms with E-state index in [-0.39, 0.29) is 31.0 Å². The minimum absolute atomic E-state index is 0.167. The second-order valence-electron chi connectivity index (χ2n) is 11.2. The third-order valence-electron chi connectivity index (χ3n) is 7.96. The number of benzene rings is 5. The monoisotopic (exact) mass is 613 g/mol. The maximum atomic E-state index is 14.0. The molecule has 0 saturated carbocycles. The molecule has 0 aromatic heterocycles. The van der Waals surface area contributed by atoms with Crippen LogP contribution in [-0.2, 0) is 20.9 Å². The van der Waals surface area contributed by atoms with Crippen LogP contribution in [0, 0.1) is 0 Å². The Labute approximate surface area is 270 Å². The molecule has 3 N–H and O–H groups in total. The van der Waals surface area contributed by atoms with E-state index in [9.17, 15) is 14.4 Å². The van der Waals surface area contributed by atoms with Crippen LogP contribution < -0.4 is 16.0 Å². The molecule has 46 heavy (non-hydrogen) atoms. The zero-order valence-corrected chi connectivity index (χ0v) is 25.9. The zero-order chi connectivity index (χ0) is 32.1. The minimum atomic E-state index is -0.831. The Bertz CT molecular complexity index is 1680. The van der Waals surface area contributed by atoms with E-state index in [0.717, 1.165) is 33.0 Å². The van der Waals surface area contributed by atoms with Gasteiger partial charge in [0.2, 0.25) is 11.8 Å². The lowest BCUT2D eigenvalue weighted by atomic mass is 9.90. The van der Waals surface area contributed by atoms with Crippen molar-refractivity contribution in [1.82, 2.24) is 16.0 Å². The molecule has 0 radical (unpaired) electrons. The summed E-state index contributed by atoms with van der Waals surface area (Å²) in [4.78, 5) is 40.1. The average molecular weight is 614 g/mol. The van der Waals surface area contributed by atoms with Gasteiger partial charge in [0.15, 0.2) is 0 Å². The van der Waals surface area contributed by atoms with Crippen molar-refractivity contribution >= 4 is 28.7 Å². The van der Waals surface area contributed by atoms with E-state index in [4.69, 9.17) is 4.74 Å². The molecular weight excluding hydrogens is 574 g/mol. The summed E-state index contributed by atoms with van der Waals surface area (Å²) in [6.45, 7) is 2.40. The van der Waals surface area contributed by atoms with Crippen molar-refractivity contribution in [2.45, 2.75) is 44.4 Å². The Balaban J connectivity index is 1.29. The van der Waals surface area contributed by atoms with Crippen LogP contribution in [-0.4, -0.2) is 30.5 Å². The van der Waals surface area contributed by atoms with Gasteiger partial charge in [-0.2, -0.15) is 0 Å². The normalized spacial score (nSPS) is 12.2. The van der Waals surface area contributed by atoms with Crippen LogP contribution in [0.3, 0.4) is 0 Å². The quantitative estimate of drug-likeness (QED) is 0.124. The van der Waals surface area contributed by atoms with Gasteiger partial charge in [-0.15, -0.1) is 0 Å². The van der Waals surface area contributed by atoms with Gasteiger partial charge in [-0.25, -0.2) is 4.79 Å². The van der Waals surface area contributed by atoms with Crippen LogP contribution in [0.2, 0.25) is 0 Å². The van der Waals surface area contributed by atoms with Gasteiger partial charge < -0.3 is 20.7 Å². The molecule has 2 atom stereocenters. The number of nitrogens with one attached hydrogen (secondary N) is 3. The Kier molecular flexibility index (Phi) is 11.2. The molecule has 7 nitrogen and oxygen atoms in total. The van der Waals surface area contributed by atoms with E-state index in [1.165, 1.54) is 0 Å². The first kappa shape index (κ1) is 32.0. The van der Waals surface area contributed by atoms with Crippen LogP contribution in [0.5, 0.6) is 0 Å². The molecule has 0 saturated heterocycles. The molecule has 5 rings (SSSR count). The number of hydrogen-bond donors (Lipinski definition) is 3. The van der Waals surface area contributed by atoms with Gasteiger partial charge in [-0.3, -0.25) is 9.59 Å². The van der Waals surface area contributed by atoms with Crippen molar-refractivity contribution in [3.63, 3.8) is 0 Å². The third kappa shape index (κ3) is 8.60. The maximum absolute atomic E-state index is 14.0. The predicted octanol–water partition coefficient (Wildman–Crippen LogP) is 7.04. The summed E-state index contributed by atoms with van der Waals surface area (Å²) in [5, 5.41) is 11.1. The fourth-order valence-corrected chi connectivity index (χ4v) is 5.60. The predicted molar refractivity (Wildman–Crippen MR) is 181 cm³/mol. The van der Waals surface area contributed by atoms with Gasteiger partial charge in [-0.05, 0) is 52.8 Å². The topological polar surface area (TPSA) is 96.5 Å². The molecule has 7 heteroatoms. The maximum Gasteiger partial charge on any atom is 0.407 e. The summed E-state index contributed by atoms with van der Waals surface area (Å²) in [5.74, 6) is -1.16. The number of carbonyl (C=O) groups is 3. The van der Waals surface area contributed by atoms with E-state index in [2.05, 4.69) is 16.0 Å². The lowest BCUT2D eigenvalue weighted by Gasteiger charge is -2.25. The second kappa shape index (κ2) is 16.0. The number of amides is 3. The van der Waals surface area contributed by atoms with Crippen LogP contribution in [0.4, 0.5) is 4.79 Å². The Morgan fingerprint density at radius 1 is 0.652 bits per heavy atom. The highest BCUT2D eigenvalue weighted by Gasteiger charge is 2.28. The van der Waals surface area contributed by atoms with Gasteiger partial charge >= 0.3 is 6.09 Å². The average Bonchev–Trinajstić information content (AvgIpc) is 3.10. The van der Waals surface area contributed by atoms with E-state index in [1.54, 1.807) is 0 Å². The Morgan fingerprint density at radius 2 is 1.24 bits per heavy atom. The van der Waals surface area contributed by atoms with E-state index in [0.29, 0.717) is 12.8 Å². The fourth-order valence-electron chi connectivity index (χ4n) is 5.60. The van der Waals surface area contributed by atoms with Gasteiger partial charge in [0.25, 0.3) is 0 Å².